The largest absolute Gasteiger partial charge is 0.463 e. The third-order valence-corrected chi connectivity index (χ3v) is 1.85. The van der Waals surface area contributed by atoms with Crippen LogP contribution in [0.25, 0.3) is 0 Å². The van der Waals surface area contributed by atoms with E-state index >= 15 is 0 Å². The molecule has 0 atom stereocenters. The number of nitrogens with two attached hydrogens (primary N) is 1. The van der Waals surface area contributed by atoms with Crippen LogP contribution in [0.5, 0.6) is 0 Å². The molecule has 1 heterocycles. The van der Waals surface area contributed by atoms with Crippen LogP contribution in [0.3, 0.4) is 0 Å². The highest BCUT2D eigenvalue weighted by molar-refractivity contribution is 5.96. The number of carbonyl (C=O) groups is 2. The highest BCUT2D eigenvalue weighted by atomic mass is 19.4. The fourth-order valence-electron chi connectivity index (χ4n) is 1.01. The summed E-state index contributed by atoms with van der Waals surface area (Å²) in [7, 11) is 0. The minimum atomic E-state index is -6.00. The van der Waals surface area contributed by atoms with Crippen molar-refractivity contribution >= 4 is 17.5 Å². The van der Waals surface area contributed by atoms with Gasteiger partial charge in [-0.2, -0.15) is 27.1 Å². The van der Waals surface area contributed by atoms with Gasteiger partial charge in [-0.3, -0.25) is 14.3 Å². The zero-order chi connectivity index (χ0) is 14.8. The van der Waals surface area contributed by atoms with Crippen molar-refractivity contribution in [3.05, 3.63) is 12.4 Å². The van der Waals surface area contributed by atoms with Gasteiger partial charge in [-0.15, -0.1) is 0 Å². The molecular formula is C8H7F5N4O2. The monoisotopic (exact) mass is 286 g/mol. The zero-order valence-electron chi connectivity index (χ0n) is 9.04. The molecule has 0 unspecified atom stereocenters. The van der Waals surface area contributed by atoms with Crippen LogP contribution in [-0.4, -0.2) is 33.7 Å². The fraction of sp³-hybridized carbons (Fsp3) is 0.375. The number of hydrogen-bond acceptors (Lipinski definition) is 3. The standard InChI is InChI=1S/C8H7F5N4O2/c9-7(10,8(11,12)13)6(19)16-4-1-15-17(2-4)3-5(14)18/h1-2H,3H2,(H2,14,18)(H,16,19). The Labute approximate surface area is 102 Å². The van der Waals surface area contributed by atoms with E-state index in [1.807, 2.05) is 0 Å². The van der Waals surface area contributed by atoms with Gasteiger partial charge in [0.05, 0.1) is 11.9 Å². The van der Waals surface area contributed by atoms with Crippen molar-refractivity contribution in [2.24, 2.45) is 5.73 Å². The maximum atomic E-state index is 12.6. The van der Waals surface area contributed by atoms with Gasteiger partial charge in [0.15, 0.2) is 0 Å². The van der Waals surface area contributed by atoms with Crippen LogP contribution in [0.15, 0.2) is 12.4 Å². The number of aromatic nitrogens is 2. The molecule has 0 aromatic carbocycles. The number of alkyl halides is 5. The zero-order valence-corrected chi connectivity index (χ0v) is 9.04. The first-order valence-electron chi connectivity index (χ1n) is 4.61. The van der Waals surface area contributed by atoms with Crippen LogP contribution < -0.4 is 11.1 Å². The number of anilines is 1. The molecule has 6 nitrogen and oxygen atoms in total. The second-order valence-electron chi connectivity index (χ2n) is 3.42. The van der Waals surface area contributed by atoms with Crippen molar-refractivity contribution in [2.75, 3.05) is 5.32 Å². The van der Waals surface area contributed by atoms with Crippen LogP contribution in [-0.2, 0) is 16.1 Å². The molecule has 11 heteroatoms. The van der Waals surface area contributed by atoms with Crippen LogP contribution in [0.4, 0.5) is 27.6 Å². The predicted octanol–water partition coefficient (Wildman–Crippen LogP) is 0.504. The van der Waals surface area contributed by atoms with Gasteiger partial charge in [0.1, 0.15) is 6.54 Å². The lowest BCUT2D eigenvalue weighted by molar-refractivity contribution is -0.267. The molecular weight excluding hydrogens is 279 g/mol. The SMILES string of the molecule is NC(=O)Cn1cc(NC(=O)C(F)(F)C(F)(F)F)cn1. The third-order valence-electron chi connectivity index (χ3n) is 1.85. The van der Waals surface area contributed by atoms with Gasteiger partial charge >= 0.3 is 18.0 Å². The van der Waals surface area contributed by atoms with Crippen LogP contribution in [0.2, 0.25) is 0 Å². The quantitative estimate of drug-likeness (QED) is 0.790. The summed E-state index contributed by atoms with van der Waals surface area (Å²) in [5.41, 5.74) is 4.38. The normalized spacial score (nSPS) is 12.3. The molecule has 0 radical (unpaired) electrons. The maximum absolute atomic E-state index is 12.6. The van der Waals surface area contributed by atoms with E-state index in [1.165, 1.54) is 5.32 Å². The van der Waals surface area contributed by atoms with E-state index in [4.69, 9.17) is 5.73 Å². The molecule has 0 aliphatic carbocycles. The van der Waals surface area contributed by atoms with E-state index in [9.17, 15) is 31.5 Å². The molecule has 0 saturated carbocycles. The summed E-state index contributed by atoms with van der Waals surface area (Å²) >= 11 is 0. The van der Waals surface area contributed by atoms with Crippen molar-refractivity contribution in [3.8, 4) is 0 Å². The summed E-state index contributed by atoms with van der Waals surface area (Å²) in [4.78, 5) is 21.3. The summed E-state index contributed by atoms with van der Waals surface area (Å²) in [6.45, 7) is -0.411. The van der Waals surface area contributed by atoms with Crippen LogP contribution in [0, 0.1) is 0 Å². The smallest absolute Gasteiger partial charge is 0.368 e. The van der Waals surface area contributed by atoms with E-state index in [-0.39, 0.29) is 0 Å². The number of carbonyl (C=O) groups excluding carboxylic acids is 2. The highest BCUT2D eigenvalue weighted by Gasteiger charge is 2.63. The third kappa shape index (κ3) is 3.39. The molecule has 2 amide bonds. The van der Waals surface area contributed by atoms with E-state index < -0.39 is 36.1 Å². The summed E-state index contributed by atoms with van der Waals surface area (Å²) in [6.07, 6.45) is -4.32. The minimum Gasteiger partial charge on any atom is -0.368 e. The molecule has 1 aromatic rings. The molecule has 0 bridgehead atoms. The van der Waals surface area contributed by atoms with E-state index in [2.05, 4.69) is 5.10 Å². The van der Waals surface area contributed by atoms with Crippen molar-refractivity contribution in [3.63, 3.8) is 0 Å². The second kappa shape index (κ2) is 4.82. The molecule has 0 fully saturated rings. The van der Waals surface area contributed by atoms with Crippen LogP contribution in [0.1, 0.15) is 0 Å². The minimum absolute atomic E-state index is 0.411. The van der Waals surface area contributed by atoms with Crippen molar-refractivity contribution in [1.29, 1.82) is 0 Å². The van der Waals surface area contributed by atoms with E-state index in [0.29, 0.717) is 0 Å². The number of hydrogen-bond donors (Lipinski definition) is 2. The summed E-state index contributed by atoms with van der Waals surface area (Å²) in [6, 6.07) is 0. The molecule has 0 saturated heterocycles. The van der Waals surface area contributed by atoms with Gasteiger partial charge in [0.2, 0.25) is 5.91 Å². The first kappa shape index (κ1) is 14.9. The Morgan fingerprint density at radius 2 is 1.89 bits per heavy atom. The number of nitrogens with one attached hydrogen (secondary N) is 1. The molecule has 19 heavy (non-hydrogen) atoms. The second-order valence-corrected chi connectivity index (χ2v) is 3.42. The lowest BCUT2D eigenvalue weighted by Gasteiger charge is -2.17. The lowest BCUT2D eigenvalue weighted by Crippen LogP contribution is -2.47. The number of nitrogens with zero attached hydrogens (tertiary/aromatic N) is 2. The van der Waals surface area contributed by atoms with Gasteiger partial charge in [0.25, 0.3) is 0 Å². The maximum Gasteiger partial charge on any atom is 0.463 e. The molecule has 3 N–H and O–H groups in total. The molecule has 0 aliphatic rings. The number of amides is 2. The Morgan fingerprint density at radius 3 is 2.37 bits per heavy atom. The average Bonchev–Trinajstić information content (AvgIpc) is 2.62. The van der Waals surface area contributed by atoms with Crippen LogP contribution >= 0.6 is 0 Å². The molecule has 0 spiro atoms. The van der Waals surface area contributed by atoms with Gasteiger partial charge in [-0.25, -0.2) is 0 Å². The Hall–Kier alpha value is -2.20. The number of halogens is 5. The van der Waals surface area contributed by atoms with Gasteiger partial charge < -0.3 is 11.1 Å². The number of rotatable bonds is 4. The summed E-state index contributed by atoms with van der Waals surface area (Å²) < 4.78 is 61.7. The topological polar surface area (TPSA) is 90.0 Å². The predicted molar refractivity (Wildman–Crippen MR) is 51.1 cm³/mol. The van der Waals surface area contributed by atoms with Gasteiger partial charge in [-0.05, 0) is 0 Å². The summed E-state index contributed by atoms with van der Waals surface area (Å²) in [5, 5.41) is 4.77. The molecule has 1 rings (SSSR count). The van der Waals surface area contributed by atoms with Crippen molar-refractivity contribution in [2.45, 2.75) is 18.6 Å². The van der Waals surface area contributed by atoms with Gasteiger partial charge in [0, 0.05) is 6.20 Å². The van der Waals surface area contributed by atoms with E-state index in [1.54, 1.807) is 0 Å². The number of primary amides is 1. The van der Waals surface area contributed by atoms with E-state index in [0.717, 1.165) is 17.1 Å². The van der Waals surface area contributed by atoms with Crippen molar-refractivity contribution in [1.82, 2.24) is 9.78 Å². The Kier molecular flexibility index (Phi) is 3.77. The summed E-state index contributed by atoms with van der Waals surface area (Å²) in [5.74, 6) is -8.88. The first-order chi connectivity index (χ1) is 8.54. The Bertz CT molecular complexity index is 496. The molecule has 1 aromatic heterocycles. The molecule has 0 aliphatic heterocycles. The Balaban J connectivity index is 2.78. The van der Waals surface area contributed by atoms with Gasteiger partial charge in [-0.1, -0.05) is 0 Å². The first-order valence-corrected chi connectivity index (χ1v) is 4.61. The lowest BCUT2D eigenvalue weighted by atomic mass is 10.3. The highest BCUT2D eigenvalue weighted by Crippen LogP contribution is 2.36. The molecule has 106 valence electrons. The Morgan fingerprint density at radius 1 is 1.32 bits per heavy atom. The van der Waals surface area contributed by atoms with Crippen molar-refractivity contribution < 1.29 is 31.5 Å². The average molecular weight is 286 g/mol. The fourth-order valence-corrected chi connectivity index (χ4v) is 1.01.